The van der Waals surface area contributed by atoms with Crippen LogP contribution in [0.3, 0.4) is 0 Å². The SMILES string of the molecule is CC(=O)Oc1nc(C)c(C)s1. The maximum atomic E-state index is 10.5. The van der Waals surface area contributed by atoms with Gasteiger partial charge in [-0.3, -0.25) is 4.79 Å². The molecule has 0 spiro atoms. The summed E-state index contributed by atoms with van der Waals surface area (Å²) >= 11 is 1.39. The van der Waals surface area contributed by atoms with Gasteiger partial charge in [-0.25, -0.2) is 4.98 Å². The lowest BCUT2D eigenvalue weighted by Crippen LogP contribution is -2.00. The van der Waals surface area contributed by atoms with Crippen molar-refractivity contribution in [3.05, 3.63) is 10.6 Å². The average Bonchev–Trinajstić information content (AvgIpc) is 2.10. The second-order valence-corrected chi connectivity index (χ2v) is 3.38. The summed E-state index contributed by atoms with van der Waals surface area (Å²) in [4.78, 5) is 15.6. The fourth-order valence-electron chi connectivity index (χ4n) is 0.610. The van der Waals surface area contributed by atoms with Crippen LogP contribution in [-0.4, -0.2) is 11.0 Å². The van der Waals surface area contributed by atoms with Crippen molar-refractivity contribution >= 4 is 17.3 Å². The van der Waals surface area contributed by atoms with Crippen molar-refractivity contribution in [2.75, 3.05) is 0 Å². The topological polar surface area (TPSA) is 39.2 Å². The third kappa shape index (κ3) is 2.01. The van der Waals surface area contributed by atoms with Crippen molar-refractivity contribution in [3.63, 3.8) is 0 Å². The Labute approximate surface area is 69.0 Å². The van der Waals surface area contributed by atoms with Crippen LogP contribution >= 0.6 is 11.3 Å². The quantitative estimate of drug-likeness (QED) is 0.603. The largest absolute Gasteiger partial charge is 0.398 e. The Kier molecular flexibility index (Phi) is 2.24. The number of esters is 1. The van der Waals surface area contributed by atoms with Crippen molar-refractivity contribution < 1.29 is 9.53 Å². The Morgan fingerprint density at radius 2 is 2.18 bits per heavy atom. The second kappa shape index (κ2) is 3.00. The van der Waals surface area contributed by atoms with Gasteiger partial charge in [0.15, 0.2) is 0 Å². The van der Waals surface area contributed by atoms with E-state index in [2.05, 4.69) is 4.98 Å². The van der Waals surface area contributed by atoms with Gasteiger partial charge in [0.2, 0.25) is 0 Å². The van der Waals surface area contributed by atoms with Crippen LogP contribution in [0.4, 0.5) is 0 Å². The van der Waals surface area contributed by atoms with E-state index in [0.29, 0.717) is 5.19 Å². The van der Waals surface area contributed by atoms with Crippen LogP contribution in [-0.2, 0) is 4.79 Å². The molecule has 3 nitrogen and oxygen atoms in total. The van der Waals surface area contributed by atoms with Crippen molar-refractivity contribution in [3.8, 4) is 5.19 Å². The average molecular weight is 171 g/mol. The van der Waals surface area contributed by atoms with E-state index in [0.717, 1.165) is 10.6 Å². The summed E-state index contributed by atoms with van der Waals surface area (Å²) in [6, 6.07) is 0. The molecule has 1 aromatic rings. The Bertz CT molecular complexity index is 260. The minimum absolute atomic E-state index is 0.321. The fraction of sp³-hybridized carbons (Fsp3) is 0.429. The Balaban J connectivity index is 2.81. The zero-order valence-corrected chi connectivity index (χ0v) is 7.49. The molecule has 4 heteroatoms. The highest BCUT2D eigenvalue weighted by Gasteiger charge is 2.05. The first-order valence-electron chi connectivity index (χ1n) is 3.22. The first kappa shape index (κ1) is 8.20. The van der Waals surface area contributed by atoms with Crippen molar-refractivity contribution in [2.45, 2.75) is 20.8 Å². The minimum atomic E-state index is -0.321. The Morgan fingerprint density at radius 3 is 2.55 bits per heavy atom. The summed E-state index contributed by atoms with van der Waals surface area (Å²) in [5.41, 5.74) is 0.922. The van der Waals surface area contributed by atoms with Gasteiger partial charge in [-0.1, -0.05) is 11.3 Å². The molecular weight excluding hydrogens is 162 g/mol. The molecular formula is C7H9NO2S. The molecule has 0 bridgehead atoms. The Morgan fingerprint density at radius 1 is 1.55 bits per heavy atom. The predicted octanol–water partition coefficient (Wildman–Crippen LogP) is 1.69. The van der Waals surface area contributed by atoms with Gasteiger partial charge >= 0.3 is 5.97 Å². The van der Waals surface area contributed by atoms with Gasteiger partial charge in [-0.2, -0.15) is 0 Å². The highest BCUT2D eigenvalue weighted by Crippen LogP contribution is 2.23. The van der Waals surface area contributed by atoms with Crippen molar-refractivity contribution in [2.24, 2.45) is 0 Å². The highest BCUT2D eigenvalue weighted by molar-refractivity contribution is 7.13. The lowest BCUT2D eigenvalue weighted by atomic mass is 10.4. The number of carbonyl (C=O) groups excluding carboxylic acids is 1. The van der Waals surface area contributed by atoms with Gasteiger partial charge in [0, 0.05) is 11.8 Å². The molecule has 0 saturated heterocycles. The van der Waals surface area contributed by atoms with Gasteiger partial charge in [-0.15, -0.1) is 0 Å². The molecule has 11 heavy (non-hydrogen) atoms. The standard InChI is InChI=1S/C7H9NO2S/c1-4-5(2)11-7(8-4)10-6(3)9/h1-3H3. The van der Waals surface area contributed by atoms with Gasteiger partial charge in [-0.05, 0) is 13.8 Å². The van der Waals surface area contributed by atoms with E-state index in [1.807, 2.05) is 13.8 Å². The Hall–Kier alpha value is -0.900. The zero-order chi connectivity index (χ0) is 8.43. The number of ether oxygens (including phenoxy) is 1. The molecule has 0 aromatic carbocycles. The van der Waals surface area contributed by atoms with Crippen LogP contribution in [0.5, 0.6) is 5.19 Å². The molecule has 1 rings (SSSR count). The number of rotatable bonds is 1. The monoisotopic (exact) mass is 171 g/mol. The molecule has 0 N–H and O–H groups in total. The maximum Gasteiger partial charge on any atom is 0.309 e. The highest BCUT2D eigenvalue weighted by atomic mass is 32.1. The lowest BCUT2D eigenvalue weighted by Gasteiger charge is -1.90. The van der Waals surface area contributed by atoms with Gasteiger partial charge in [0.1, 0.15) is 0 Å². The number of hydrogen-bond acceptors (Lipinski definition) is 4. The molecule has 60 valence electrons. The van der Waals surface area contributed by atoms with Crippen LogP contribution in [0.25, 0.3) is 0 Å². The molecule has 0 aliphatic heterocycles. The zero-order valence-electron chi connectivity index (χ0n) is 6.67. The summed E-state index contributed by atoms with van der Waals surface area (Å²) in [6.07, 6.45) is 0. The summed E-state index contributed by atoms with van der Waals surface area (Å²) in [6.45, 7) is 5.20. The number of hydrogen-bond donors (Lipinski definition) is 0. The van der Waals surface area contributed by atoms with Gasteiger partial charge in [0.25, 0.3) is 5.19 Å². The van der Waals surface area contributed by atoms with E-state index in [-0.39, 0.29) is 5.97 Å². The first-order chi connectivity index (χ1) is 5.09. The molecule has 0 atom stereocenters. The summed E-state index contributed by atoms with van der Waals surface area (Å²) in [5.74, 6) is -0.321. The number of carbonyl (C=O) groups is 1. The summed E-state index contributed by atoms with van der Waals surface area (Å²) in [7, 11) is 0. The van der Waals surface area contributed by atoms with E-state index in [1.54, 1.807) is 0 Å². The minimum Gasteiger partial charge on any atom is -0.398 e. The first-order valence-corrected chi connectivity index (χ1v) is 4.03. The molecule has 1 aromatic heterocycles. The second-order valence-electron chi connectivity index (χ2n) is 2.22. The molecule has 0 saturated carbocycles. The normalized spacial score (nSPS) is 9.73. The van der Waals surface area contributed by atoms with Gasteiger partial charge in [0.05, 0.1) is 5.69 Å². The maximum absolute atomic E-state index is 10.5. The van der Waals surface area contributed by atoms with Crippen LogP contribution in [0.1, 0.15) is 17.5 Å². The fourth-order valence-corrected chi connectivity index (χ4v) is 1.41. The summed E-state index contributed by atoms with van der Waals surface area (Å²) in [5, 5.41) is 0.438. The van der Waals surface area contributed by atoms with Crippen molar-refractivity contribution in [1.29, 1.82) is 0 Å². The molecule has 0 radical (unpaired) electrons. The van der Waals surface area contributed by atoms with Crippen LogP contribution in [0, 0.1) is 13.8 Å². The number of thiazole rings is 1. The lowest BCUT2D eigenvalue weighted by molar-refractivity contribution is -0.131. The third-order valence-electron chi connectivity index (χ3n) is 1.24. The molecule has 1 heterocycles. The van der Waals surface area contributed by atoms with Crippen LogP contribution in [0.2, 0.25) is 0 Å². The number of aromatic nitrogens is 1. The van der Waals surface area contributed by atoms with E-state index in [1.165, 1.54) is 18.3 Å². The van der Waals surface area contributed by atoms with Crippen LogP contribution < -0.4 is 4.74 Å². The predicted molar refractivity (Wildman–Crippen MR) is 42.9 cm³/mol. The van der Waals surface area contributed by atoms with E-state index >= 15 is 0 Å². The van der Waals surface area contributed by atoms with E-state index in [9.17, 15) is 4.79 Å². The van der Waals surface area contributed by atoms with E-state index in [4.69, 9.17) is 4.74 Å². The molecule has 0 aliphatic rings. The smallest absolute Gasteiger partial charge is 0.309 e. The van der Waals surface area contributed by atoms with Crippen molar-refractivity contribution in [1.82, 2.24) is 4.98 Å². The van der Waals surface area contributed by atoms with Gasteiger partial charge < -0.3 is 4.74 Å². The molecule has 0 aliphatic carbocycles. The summed E-state index contributed by atoms with van der Waals surface area (Å²) < 4.78 is 4.78. The molecule has 0 fully saturated rings. The number of nitrogens with zero attached hydrogens (tertiary/aromatic N) is 1. The molecule has 0 unspecified atom stereocenters. The number of aryl methyl sites for hydroxylation is 2. The van der Waals surface area contributed by atoms with E-state index < -0.39 is 0 Å². The van der Waals surface area contributed by atoms with Crippen LogP contribution in [0.15, 0.2) is 0 Å². The molecule has 0 amide bonds. The third-order valence-corrected chi connectivity index (χ3v) is 2.19.